The molecule has 0 fully saturated rings. The predicted octanol–water partition coefficient (Wildman–Crippen LogP) is 1.43. The van der Waals surface area contributed by atoms with Gasteiger partial charge in [0.2, 0.25) is 0 Å². The van der Waals surface area contributed by atoms with E-state index in [-0.39, 0.29) is 11.9 Å². The second kappa shape index (κ2) is 5.44. The van der Waals surface area contributed by atoms with E-state index < -0.39 is 0 Å². The number of carbonyl (C=O) groups is 1. The van der Waals surface area contributed by atoms with Gasteiger partial charge in [0.15, 0.2) is 5.76 Å². The molecule has 1 aromatic heterocycles. The molecule has 1 unspecified atom stereocenters. The molecule has 0 aliphatic heterocycles. The van der Waals surface area contributed by atoms with E-state index in [9.17, 15) is 4.79 Å². The average Bonchev–Trinajstić information content (AvgIpc) is 2.67. The minimum absolute atomic E-state index is 0.0903. The molecular weight excluding hydrogens is 182 g/mol. The molecule has 14 heavy (non-hydrogen) atoms. The van der Waals surface area contributed by atoms with Gasteiger partial charge in [0.1, 0.15) is 0 Å². The van der Waals surface area contributed by atoms with Crippen LogP contribution in [0, 0.1) is 0 Å². The fraction of sp³-hybridized carbons (Fsp3) is 0.500. The van der Waals surface area contributed by atoms with Gasteiger partial charge in [0, 0.05) is 19.8 Å². The molecule has 0 spiro atoms. The molecule has 0 radical (unpaired) electrons. The molecule has 0 aliphatic rings. The van der Waals surface area contributed by atoms with Crippen LogP contribution in [-0.2, 0) is 4.74 Å². The van der Waals surface area contributed by atoms with E-state index in [4.69, 9.17) is 9.15 Å². The summed E-state index contributed by atoms with van der Waals surface area (Å²) in [5, 5.41) is 2.80. The van der Waals surface area contributed by atoms with Crippen molar-refractivity contribution in [2.24, 2.45) is 0 Å². The van der Waals surface area contributed by atoms with Gasteiger partial charge < -0.3 is 14.5 Å². The third kappa shape index (κ3) is 3.22. The zero-order valence-corrected chi connectivity index (χ0v) is 8.45. The van der Waals surface area contributed by atoms with Crippen LogP contribution < -0.4 is 5.32 Å². The van der Waals surface area contributed by atoms with Gasteiger partial charge in [-0.05, 0) is 25.5 Å². The maximum Gasteiger partial charge on any atom is 0.287 e. The average molecular weight is 197 g/mol. The molecule has 4 heteroatoms. The summed E-state index contributed by atoms with van der Waals surface area (Å²) in [5.41, 5.74) is 0. The summed E-state index contributed by atoms with van der Waals surface area (Å²) in [6.07, 6.45) is 2.28. The molecule has 0 saturated heterocycles. The largest absolute Gasteiger partial charge is 0.459 e. The van der Waals surface area contributed by atoms with Crippen molar-refractivity contribution >= 4 is 5.91 Å². The first-order valence-electron chi connectivity index (χ1n) is 4.57. The van der Waals surface area contributed by atoms with Crippen LogP contribution >= 0.6 is 0 Å². The summed E-state index contributed by atoms with van der Waals surface area (Å²) in [6, 6.07) is 3.42. The molecule has 1 atom stereocenters. The number of rotatable bonds is 5. The van der Waals surface area contributed by atoms with E-state index >= 15 is 0 Å². The molecule has 1 N–H and O–H groups in total. The lowest BCUT2D eigenvalue weighted by Gasteiger charge is -2.11. The Morgan fingerprint density at radius 2 is 2.50 bits per heavy atom. The number of furan rings is 1. The van der Waals surface area contributed by atoms with Gasteiger partial charge in [-0.1, -0.05) is 0 Å². The van der Waals surface area contributed by atoms with Gasteiger partial charge in [-0.25, -0.2) is 0 Å². The third-order valence-corrected chi connectivity index (χ3v) is 1.88. The number of carbonyl (C=O) groups excluding carboxylic acids is 1. The number of nitrogens with one attached hydrogen (secondary N) is 1. The Bertz CT molecular complexity index is 269. The van der Waals surface area contributed by atoms with Gasteiger partial charge in [-0.3, -0.25) is 4.79 Å². The monoisotopic (exact) mass is 197 g/mol. The number of ether oxygens (including phenoxy) is 1. The smallest absolute Gasteiger partial charge is 0.287 e. The Hall–Kier alpha value is -1.29. The number of amides is 1. The SMILES string of the molecule is COCCC(C)NC(=O)c1ccco1. The van der Waals surface area contributed by atoms with Crippen molar-refractivity contribution in [3.8, 4) is 0 Å². The lowest BCUT2D eigenvalue weighted by molar-refractivity contribution is 0.0901. The summed E-state index contributed by atoms with van der Waals surface area (Å²) in [5.74, 6) is 0.160. The van der Waals surface area contributed by atoms with Crippen LogP contribution in [0.25, 0.3) is 0 Å². The van der Waals surface area contributed by atoms with Gasteiger partial charge in [0.05, 0.1) is 6.26 Å². The van der Waals surface area contributed by atoms with E-state index in [1.807, 2.05) is 6.92 Å². The first kappa shape index (κ1) is 10.8. The fourth-order valence-electron chi connectivity index (χ4n) is 1.07. The number of methoxy groups -OCH3 is 1. The van der Waals surface area contributed by atoms with E-state index in [1.54, 1.807) is 19.2 Å². The van der Waals surface area contributed by atoms with Crippen molar-refractivity contribution in [2.75, 3.05) is 13.7 Å². The van der Waals surface area contributed by atoms with E-state index in [1.165, 1.54) is 6.26 Å². The first-order valence-corrected chi connectivity index (χ1v) is 4.57. The van der Waals surface area contributed by atoms with Gasteiger partial charge in [0.25, 0.3) is 5.91 Å². The second-order valence-electron chi connectivity index (χ2n) is 3.13. The van der Waals surface area contributed by atoms with Crippen molar-refractivity contribution in [2.45, 2.75) is 19.4 Å². The fourth-order valence-corrected chi connectivity index (χ4v) is 1.07. The normalized spacial score (nSPS) is 12.4. The van der Waals surface area contributed by atoms with E-state index in [0.717, 1.165) is 6.42 Å². The van der Waals surface area contributed by atoms with Crippen LogP contribution in [0.15, 0.2) is 22.8 Å². The van der Waals surface area contributed by atoms with Gasteiger partial charge in [-0.15, -0.1) is 0 Å². The van der Waals surface area contributed by atoms with Gasteiger partial charge >= 0.3 is 0 Å². The van der Waals surface area contributed by atoms with Gasteiger partial charge in [-0.2, -0.15) is 0 Å². The van der Waals surface area contributed by atoms with Crippen LogP contribution in [-0.4, -0.2) is 25.7 Å². The highest BCUT2D eigenvalue weighted by Gasteiger charge is 2.11. The van der Waals surface area contributed by atoms with Crippen molar-refractivity contribution < 1.29 is 13.9 Å². The minimum Gasteiger partial charge on any atom is -0.459 e. The van der Waals surface area contributed by atoms with Crippen LogP contribution in [0.1, 0.15) is 23.9 Å². The zero-order chi connectivity index (χ0) is 10.4. The molecular formula is C10H15NO3. The molecule has 0 saturated carbocycles. The Morgan fingerprint density at radius 1 is 1.71 bits per heavy atom. The number of hydrogen-bond acceptors (Lipinski definition) is 3. The Labute approximate surface area is 83.2 Å². The molecule has 78 valence electrons. The summed E-state index contributed by atoms with van der Waals surface area (Å²) in [4.78, 5) is 11.4. The Kier molecular flexibility index (Phi) is 4.19. The Balaban J connectivity index is 2.34. The highest BCUT2D eigenvalue weighted by atomic mass is 16.5. The maximum absolute atomic E-state index is 11.4. The third-order valence-electron chi connectivity index (χ3n) is 1.88. The standard InChI is InChI=1S/C10H15NO3/c1-8(5-7-13-2)11-10(12)9-4-3-6-14-9/h3-4,6,8H,5,7H2,1-2H3,(H,11,12). The molecule has 0 aromatic carbocycles. The second-order valence-corrected chi connectivity index (χ2v) is 3.13. The molecule has 1 aromatic rings. The topological polar surface area (TPSA) is 51.5 Å². The van der Waals surface area contributed by atoms with Crippen LogP contribution in [0.4, 0.5) is 0 Å². The summed E-state index contributed by atoms with van der Waals surface area (Å²) < 4.78 is 9.87. The molecule has 1 rings (SSSR count). The minimum atomic E-state index is -0.182. The molecule has 0 aliphatic carbocycles. The summed E-state index contributed by atoms with van der Waals surface area (Å²) >= 11 is 0. The Morgan fingerprint density at radius 3 is 3.07 bits per heavy atom. The van der Waals surface area contributed by atoms with Crippen molar-refractivity contribution in [3.63, 3.8) is 0 Å². The van der Waals surface area contributed by atoms with Crippen molar-refractivity contribution in [1.29, 1.82) is 0 Å². The predicted molar refractivity (Wildman–Crippen MR) is 52.1 cm³/mol. The molecule has 1 heterocycles. The maximum atomic E-state index is 11.4. The quantitative estimate of drug-likeness (QED) is 0.777. The first-order chi connectivity index (χ1) is 6.74. The molecule has 4 nitrogen and oxygen atoms in total. The van der Waals surface area contributed by atoms with Crippen molar-refractivity contribution in [3.05, 3.63) is 24.2 Å². The number of hydrogen-bond donors (Lipinski definition) is 1. The van der Waals surface area contributed by atoms with E-state index in [2.05, 4.69) is 5.32 Å². The van der Waals surface area contributed by atoms with Crippen LogP contribution in [0.3, 0.4) is 0 Å². The lowest BCUT2D eigenvalue weighted by Crippen LogP contribution is -2.33. The molecule has 1 amide bonds. The lowest BCUT2D eigenvalue weighted by atomic mass is 10.2. The highest BCUT2D eigenvalue weighted by molar-refractivity contribution is 5.91. The van der Waals surface area contributed by atoms with Crippen molar-refractivity contribution in [1.82, 2.24) is 5.32 Å². The zero-order valence-electron chi connectivity index (χ0n) is 8.45. The highest BCUT2D eigenvalue weighted by Crippen LogP contribution is 2.01. The summed E-state index contributed by atoms with van der Waals surface area (Å²) in [7, 11) is 1.64. The van der Waals surface area contributed by atoms with E-state index in [0.29, 0.717) is 12.4 Å². The molecule has 0 bridgehead atoms. The van der Waals surface area contributed by atoms with Crippen LogP contribution in [0.5, 0.6) is 0 Å². The van der Waals surface area contributed by atoms with Crippen LogP contribution in [0.2, 0.25) is 0 Å². The summed E-state index contributed by atoms with van der Waals surface area (Å²) in [6.45, 7) is 2.57.